The van der Waals surface area contributed by atoms with Gasteiger partial charge in [-0.2, -0.15) is 6.42 Å². The van der Waals surface area contributed by atoms with Gasteiger partial charge in [0.05, 0.1) is 19.4 Å². The fourth-order valence-electron chi connectivity index (χ4n) is 8.03. The molecule has 4 nitrogen and oxygen atoms in total. The first kappa shape index (κ1) is 190. The monoisotopic (exact) mass is 2390 g/mol. The van der Waals surface area contributed by atoms with Crippen molar-refractivity contribution in [2.45, 2.75) is 450 Å². The second kappa shape index (κ2) is 267. The van der Waals surface area contributed by atoms with Gasteiger partial charge < -0.3 is 25.9 Å². The Balaban J connectivity index is -0.0000000408. The largest absolute Gasteiger partial charge is 0.344 e. The first-order valence-corrected chi connectivity index (χ1v) is 133. The molecular formula is C82H283N4NiSi36-. The number of unbranched alkanes of at least 4 members (excludes halogenated alkanes) is 4. The van der Waals surface area contributed by atoms with E-state index in [0.29, 0.717) is 238 Å². The van der Waals surface area contributed by atoms with E-state index in [-0.39, 0.29) is 35.9 Å². The molecular weight excluding hydrogens is 2110 g/mol. The van der Waals surface area contributed by atoms with Crippen LogP contribution in [0.25, 0.3) is 0 Å². The number of hydrogen-bond donors (Lipinski definition) is 0. The third-order valence-corrected chi connectivity index (χ3v) is 94.2. The van der Waals surface area contributed by atoms with Crippen LogP contribution in [0.2, 0.25) is 304 Å². The fourth-order valence-corrected chi connectivity index (χ4v) is 41.5. The molecule has 0 fully saturated rings. The molecule has 0 rings (SSSR count). The molecule has 0 radical (unpaired) electrons. The predicted molar refractivity (Wildman–Crippen MR) is 759 cm³/mol. The van der Waals surface area contributed by atoms with E-state index >= 15 is 0 Å². The summed E-state index contributed by atoms with van der Waals surface area (Å²) < 4.78 is 5.02. The molecule has 0 spiro atoms. The summed E-state index contributed by atoms with van der Waals surface area (Å²) in [6.45, 7) is 90.5. The van der Waals surface area contributed by atoms with Gasteiger partial charge in [-0.3, -0.25) is 0 Å². The van der Waals surface area contributed by atoms with Gasteiger partial charge in [0.1, 0.15) is 0 Å². The van der Waals surface area contributed by atoms with Crippen molar-refractivity contribution < 1.29 is 16.5 Å². The van der Waals surface area contributed by atoms with Gasteiger partial charge in [-0.25, -0.2) is 0 Å². The first-order chi connectivity index (χ1) is 58.7. The van der Waals surface area contributed by atoms with Crippen LogP contribution in [-0.4, -0.2) is 436 Å². The molecule has 0 aromatic heterocycles. The van der Waals surface area contributed by atoms with Crippen molar-refractivity contribution >= 4 is 350 Å². The van der Waals surface area contributed by atoms with Gasteiger partial charge in [0, 0.05) is 285 Å². The van der Waals surface area contributed by atoms with Gasteiger partial charge in [0.15, 0.2) is 0 Å². The molecule has 0 amide bonds. The zero-order chi connectivity index (χ0) is 99.8. The van der Waals surface area contributed by atoms with Crippen LogP contribution in [0.4, 0.5) is 0 Å². The first-order valence-electron chi connectivity index (χ1n) is 57.2. The van der Waals surface area contributed by atoms with Gasteiger partial charge in [0.25, 0.3) is 0 Å². The third-order valence-electron chi connectivity index (χ3n) is 18.1. The van der Waals surface area contributed by atoms with Crippen LogP contribution in [-0.2, 0) is 16.5 Å². The van der Waals surface area contributed by atoms with Crippen LogP contribution in [0.15, 0.2) is 0 Å². The van der Waals surface area contributed by atoms with Gasteiger partial charge in [-0.05, 0) is 142 Å². The van der Waals surface area contributed by atoms with Crippen molar-refractivity contribution in [1.29, 1.82) is 0 Å². The molecule has 0 atom stereocenters. The second-order valence-electron chi connectivity index (χ2n) is 33.3. The van der Waals surface area contributed by atoms with Crippen molar-refractivity contribution in [2.75, 3.05) is 67.5 Å². The molecule has 0 heterocycles. The van der Waals surface area contributed by atoms with Crippen molar-refractivity contribution in [1.82, 2.24) is 18.9 Å². The zero-order valence-corrected chi connectivity index (χ0v) is 156. The predicted octanol–water partition coefficient (Wildman–Crippen LogP) is -0.0821. The minimum absolute atomic E-state index is 0. The molecule has 0 saturated carbocycles. The van der Waals surface area contributed by atoms with E-state index in [1.165, 1.54) is 214 Å². The summed E-state index contributed by atoms with van der Waals surface area (Å²) in [4.78, 5) is 4.76. The van der Waals surface area contributed by atoms with E-state index in [4.69, 9.17) is 0 Å². The van der Waals surface area contributed by atoms with E-state index in [1.807, 2.05) is 6.92 Å². The van der Waals surface area contributed by atoms with Crippen molar-refractivity contribution in [3.8, 4) is 0 Å². The topological polar surface area (TPSA) is 13.0 Å². The minimum Gasteiger partial charge on any atom is -0.344 e. The minimum atomic E-state index is 0. The number of hydrogen-bond acceptors (Lipinski definition) is 4. The Morgan fingerprint density at radius 3 is 0.553 bits per heavy atom. The Hall–Kier alpha value is 8.14. The average Bonchev–Trinajstić information content (AvgIpc) is 1.07. The van der Waals surface area contributed by atoms with E-state index in [2.05, 4.69) is 273 Å². The Kier molecular flexibility index (Phi) is 412. The maximum Gasteiger partial charge on any atom is 0.0919 e. The smallest absolute Gasteiger partial charge is 0.0919 e. The molecule has 0 aromatic rings. The maximum atomic E-state index is 3.49. The van der Waals surface area contributed by atoms with Crippen LogP contribution in [0, 0.1) is 6.92 Å². The molecule has 0 aromatic carbocycles. The summed E-state index contributed by atoms with van der Waals surface area (Å²) in [5, 5.41) is 0. The molecule has 0 saturated heterocycles. The summed E-state index contributed by atoms with van der Waals surface area (Å²) in [6.07, 6.45) is 16.8. The Morgan fingerprint density at radius 2 is 0.431 bits per heavy atom. The number of rotatable bonds is 52. The van der Waals surface area contributed by atoms with Gasteiger partial charge in [-0.15, -0.1) is 0 Å². The van der Waals surface area contributed by atoms with E-state index < -0.39 is 0 Å². The number of nitrogens with zero attached hydrogens (tertiary/aromatic N) is 4. The Bertz CT molecular complexity index is 1020. The molecule has 0 aliphatic rings. The third kappa shape index (κ3) is 460. The van der Waals surface area contributed by atoms with Crippen LogP contribution in [0.1, 0.15) is 146 Å². The van der Waals surface area contributed by atoms with E-state index in [1.54, 1.807) is 134 Å². The summed E-state index contributed by atoms with van der Waals surface area (Å²) in [6, 6.07) is 20.3. The molecule has 0 unspecified atom stereocenters. The Morgan fingerprint density at radius 1 is 0.228 bits per heavy atom. The maximum absolute atomic E-state index is 3.49. The molecule has 41 heteroatoms. The van der Waals surface area contributed by atoms with Gasteiger partial charge >= 0.3 is 0 Å². The fraction of sp³-hybridized carbons (Fsp3) is 0.988. The average molecular weight is 2400 g/mol. The zero-order valence-electron chi connectivity index (χ0n) is 99.3. The summed E-state index contributed by atoms with van der Waals surface area (Å²) in [5.41, 5.74) is 19.5. The molecule has 0 N–H and O–H groups in total. The van der Waals surface area contributed by atoms with Crippen LogP contribution in [0.3, 0.4) is 0 Å². The molecule has 0 bridgehead atoms. The van der Waals surface area contributed by atoms with Crippen molar-refractivity contribution in [3.05, 3.63) is 6.92 Å². The standard InChI is InChI=1S/C8H21NSi.C7H18Si.C6H19NSi2.C6H17NSi.3C5H14Si.C4H15NSi2.7C3H12Si2.C3H7.6C2H10Si2.Ni/c1-4-9(5-2)7-6-8-10-3;1-3-5-7-8-6-4-2;1-4-7(5-2)9-6-8-3;1-7(2)5-4-6-8-3;3*1-3-4-5-6-2;1-5(2)7-4-6-3;4*1-4-3-5-2;3*1-5-3-2-4;1-3-2;6*1-4-2-3;/h4-8,10H2,1-3H3;3-8H2,1-2H3;4-6,8-9H2,1-3H3;4-6,8H2,1-3H3;3*3-6H2,1-2H3;4,6-7H2,1-3H3;4*3-5H2,1-2H3;3*2-3,5H2,1,4H3;1,3H2,2H3;6*2,4H2,1,3H3;/q;;;;;;;;;;;;;;;-1;;;;;;;. The van der Waals surface area contributed by atoms with Crippen molar-refractivity contribution in [3.63, 3.8) is 0 Å². The molecule has 786 valence electrons. The normalized spacial score (nSPS) is 11.7. The quantitative estimate of drug-likeness (QED) is 0.0481. The van der Waals surface area contributed by atoms with E-state index in [9.17, 15) is 0 Å². The summed E-state index contributed by atoms with van der Waals surface area (Å²) in [5.74, 6) is 0. The van der Waals surface area contributed by atoms with Crippen LogP contribution in [0.5, 0.6) is 0 Å². The van der Waals surface area contributed by atoms with E-state index in [0.717, 1.165) is 6.42 Å². The molecule has 0 aliphatic carbocycles. The van der Waals surface area contributed by atoms with Gasteiger partial charge in [0.2, 0.25) is 0 Å². The van der Waals surface area contributed by atoms with Crippen LogP contribution >= 0.6 is 0 Å². The van der Waals surface area contributed by atoms with Gasteiger partial charge in [-0.1, -0.05) is 431 Å². The summed E-state index contributed by atoms with van der Waals surface area (Å²) >= 11 is 0. The Labute approximate surface area is 899 Å². The SMILES string of the molecule is CCCC[SiH2]C.CCCC[SiH2]C.CCCC[SiH2]C.CCCC[SiH2]CCC.CCN(CC)CCC[SiH2]C.CCN(CC)[SiH2]C[SiH2]C.C[SiH2]CCCN(C)C.C[SiH2]CC[SiH3].C[SiH2]CC[SiH3].C[SiH2]CC[SiH3].C[SiH2]C[SiH2]C.C[SiH2]C[SiH2]C.C[SiH2]C[SiH2]C.C[SiH2]C[SiH2]C.C[SiH2]C[SiH2]N(C)C.C[SiH2]C[SiH3].C[SiH2]C[SiH3].C[SiH2]C[SiH3].C[SiH2]C[SiH3].C[SiH2]C[SiH3].C[SiH2]C[SiH3].[CH2-]CC.[Ni]. The van der Waals surface area contributed by atoms with Crippen molar-refractivity contribution in [2.24, 2.45) is 0 Å². The van der Waals surface area contributed by atoms with Crippen LogP contribution < -0.4 is 0 Å². The summed E-state index contributed by atoms with van der Waals surface area (Å²) in [7, 11) is 33.2. The second-order valence-corrected chi connectivity index (χ2v) is 112. The molecule has 0 aliphatic heterocycles. The molecule has 123 heavy (non-hydrogen) atoms.